The molecule has 1 N–H and O–H groups in total. The lowest BCUT2D eigenvalue weighted by molar-refractivity contribution is 1.15. The predicted octanol–water partition coefficient (Wildman–Crippen LogP) is 5.13. The number of benzene rings is 2. The van der Waals surface area contributed by atoms with Crippen LogP contribution in [0.2, 0.25) is 15.1 Å². The second-order valence-corrected chi connectivity index (χ2v) is 5.15. The van der Waals surface area contributed by atoms with E-state index in [2.05, 4.69) is 5.32 Å². The first-order valence-electron chi connectivity index (χ1n) is 5.47. The Kier molecular flexibility index (Phi) is 4.55. The molecular weight excluding hydrogens is 303 g/mol. The third-order valence-corrected chi connectivity index (χ3v) is 3.51. The zero-order valence-corrected chi connectivity index (χ0v) is 12.0. The van der Waals surface area contributed by atoms with Gasteiger partial charge in [-0.05, 0) is 42.0 Å². The van der Waals surface area contributed by atoms with E-state index in [1.807, 2.05) is 12.1 Å². The topological polar surface area (TPSA) is 35.8 Å². The molecule has 96 valence electrons. The summed E-state index contributed by atoms with van der Waals surface area (Å²) in [6.45, 7) is 0.520. The first-order chi connectivity index (χ1) is 9.10. The molecule has 19 heavy (non-hydrogen) atoms. The Hall–Kier alpha value is -1.40. The third-order valence-electron chi connectivity index (χ3n) is 2.58. The van der Waals surface area contributed by atoms with Crippen LogP contribution in [0.4, 0.5) is 5.69 Å². The standard InChI is InChI=1S/C14H9Cl3N2/c15-11-1-3-14(17)10(5-11)8-19-12-2-4-13(16)9(6-12)7-18/h1-6,19H,8H2. The van der Waals surface area contributed by atoms with E-state index in [9.17, 15) is 0 Å². The summed E-state index contributed by atoms with van der Waals surface area (Å²) < 4.78 is 0. The quantitative estimate of drug-likeness (QED) is 0.853. The second kappa shape index (κ2) is 6.16. The SMILES string of the molecule is N#Cc1cc(NCc2cc(Cl)ccc2Cl)ccc1Cl. The lowest BCUT2D eigenvalue weighted by Crippen LogP contribution is -2.00. The summed E-state index contributed by atoms with van der Waals surface area (Å²) in [6, 6.07) is 12.5. The minimum Gasteiger partial charge on any atom is -0.381 e. The zero-order chi connectivity index (χ0) is 13.8. The first kappa shape index (κ1) is 14.0. The summed E-state index contributed by atoms with van der Waals surface area (Å²) in [4.78, 5) is 0. The molecule has 2 rings (SSSR count). The number of nitrogens with zero attached hydrogens (tertiary/aromatic N) is 1. The predicted molar refractivity (Wildman–Crippen MR) is 80.0 cm³/mol. The van der Waals surface area contributed by atoms with E-state index in [-0.39, 0.29) is 0 Å². The molecule has 0 aliphatic rings. The van der Waals surface area contributed by atoms with Crippen LogP contribution >= 0.6 is 34.8 Å². The van der Waals surface area contributed by atoms with Gasteiger partial charge in [0.2, 0.25) is 0 Å². The fraction of sp³-hybridized carbons (Fsp3) is 0.0714. The van der Waals surface area contributed by atoms with Crippen LogP contribution in [0.25, 0.3) is 0 Å². The molecule has 0 radical (unpaired) electrons. The minimum absolute atomic E-state index is 0.434. The van der Waals surface area contributed by atoms with Crippen molar-refractivity contribution in [2.75, 3.05) is 5.32 Å². The summed E-state index contributed by atoms with van der Waals surface area (Å²) in [6.07, 6.45) is 0. The van der Waals surface area contributed by atoms with Gasteiger partial charge in [-0.1, -0.05) is 34.8 Å². The van der Waals surface area contributed by atoms with Gasteiger partial charge in [0, 0.05) is 22.3 Å². The maximum absolute atomic E-state index is 8.91. The highest BCUT2D eigenvalue weighted by atomic mass is 35.5. The fourth-order valence-corrected chi connectivity index (χ4v) is 2.14. The molecule has 5 heteroatoms. The molecule has 0 fully saturated rings. The van der Waals surface area contributed by atoms with Gasteiger partial charge in [0.25, 0.3) is 0 Å². The van der Waals surface area contributed by atoms with Crippen LogP contribution in [0.5, 0.6) is 0 Å². The number of nitrogens with one attached hydrogen (secondary N) is 1. The van der Waals surface area contributed by atoms with E-state index in [0.29, 0.717) is 27.2 Å². The second-order valence-electron chi connectivity index (χ2n) is 3.90. The van der Waals surface area contributed by atoms with Crippen molar-refractivity contribution in [1.82, 2.24) is 0 Å². The van der Waals surface area contributed by atoms with Crippen molar-refractivity contribution in [2.24, 2.45) is 0 Å². The van der Waals surface area contributed by atoms with Crippen LogP contribution in [0, 0.1) is 11.3 Å². The molecule has 0 bridgehead atoms. The number of anilines is 1. The molecule has 0 aliphatic carbocycles. The Labute approximate surface area is 126 Å². The average molecular weight is 312 g/mol. The van der Waals surface area contributed by atoms with Crippen molar-refractivity contribution < 1.29 is 0 Å². The molecule has 0 amide bonds. The molecule has 0 aliphatic heterocycles. The van der Waals surface area contributed by atoms with Gasteiger partial charge in [-0.15, -0.1) is 0 Å². The molecule has 2 aromatic rings. The smallest absolute Gasteiger partial charge is 0.101 e. The molecule has 0 aromatic heterocycles. The molecule has 0 saturated carbocycles. The monoisotopic (exact) mass is 310 g/mol. The van der Waals surface area contributed by atoms with Crippen molar-refractivity contribution in [1.29, 1.82) is 5.26 Å². The number of rotatable bonds is 3. The third kappa shape index (κ3) is 3.54. The lowest BCUT2D eigenvalue weighted by Gasteiger charge is -2.09. The molecule has 2 aromatic carbocycles. The zero-order valence-electron chi connectivity index (χ0n) is 9.75. The van der Waals surface area contributed by atoms with Crippen LogP contribution in [0.15, 0.2) is 36.4 Å². The Morgan fingerprint density at radius 1 is 1.00 bits per heavy atom. The van der Waals surface area contributed by atoms with E-state index >= 15 is 0 Å². The molecule has 0 unspecified atom stereocenters. The van der Waals surface area contributed by atoms with E-state index < -0.39 is 0 Å². The molecule has 0 atom stereocenters. The Balaban J connectivity index is 2.15. The molecule has 2 nitrogen and oxygen atoms in total. The summed E-state index contributed by atoms with van der Waals surface area (Å²) in [5.41, 5.74) is 2.13. The van der Waals surface area contributed by atoms with Crippen molar-refractivity contribution in [2.45, 2.75) is 6.54 Å². The Morgan fingerprint density at radius 2 is 1.74 bits per heavy atom. The first-order valence-corrected chi connectivity index (χ1v) is 6.61. The maximum atomic E-state index is 8.91. The van der Waals surface area contributed by atoms with Crippen molar-refractivity contribution >= 4 is 40.5 Å². The largest absolute Gasteiger partial charge is 0.381 e. The van der Waals surface area contributed by atoms with Gasteiger partial charge in [-0.25, -0.2) is 0 Å². The summed E-state index contributed by atoms with van der Waals surface area (Å²) in [5, 5.41) is 13.8. The van der Waals surface area contributed by atoms with Gasteiger partial charge in [0.1, 0.15) is 6.07 Å². The van der Waals surface area contributed by atoms with Crippen LogP contribution in [0.1, 0.15) is 11.1 Å². The van der Waals surface area contributed by atoms with Crippen LogP contribution in [-0.4, -0.2) is 0 Å². The van der Waals surface area contributed by atoms with E-state index in [0.717, 1.165) is 11.3 Å². The average Bonchev–Trinajstić information content (AvgIpc) is 2.41. The highest BCUT2D eigenvalue weighted by molar-refractivity contribution is 6.33. The molecule has 0 saturated heterocycles. The molecular formula is C14H9Cl3N2. The lowest BCUT2D eigenvalue weighted by atomic mass is 10.2. The van der Waals surface area contributed by atoms with E-state index in [1.54, 1.807) is 30.3 Å². The van der Waals surface area contributed by atoms with Gasteiger partial charge >= 0.3 is 0 Å². The van der Waals surface area contributed by atoms with Crippen molar-refractivity contribution in [3.63, 3.8) is 0 Å². The van der Waals surface area contributed by atoms with Gasteiger partial charge in [0.15, 0.2) is 0 Å². The van der Waals surface area contributed by atoms with Crippen molar-refractivity contribution in [3.8, 4) is 6.07 Å². The summed E-state index contributed by atoms with van der Waals surface area (Å²) in [7, 11) is 0. The maximum Gasteiger partial charge on any atom is 0.101 e. The number of nitriles is 1. The highest BCUT2D eigenvalue weighted by Crippen LogP contribution is 2.23. The van der Waals surface area contributed by atoms with E-state index in [4.69, 9.17) is 40.1 Å². The Bertz CT molecular complexity index is 648. The normalized spacial score (nSPS) is 10.0. The van der Waals surface area contributed by atoms with Gasteiger partial charge in [-0.3, -0.25) is 0 Å². The Morgan fingerprint density at radius 3 is 2.47 bits per heavy atom. The number of hydrogen-bond donors (Lipinski definition) is 1. The van der Waals surface area contributed by atoms with E-state index in [1.165, 1.54) is 0 Å². The minimum atomic E-state index is 0.434. The van der Waals surface area contributed by atoms with Crippen molar-refractivity contribution in [3.05, 3.63) is 62.6 Å². The molecule has 0 heterocycles. The van der Waals surface area contributed by atoms with Crippen LogP contribution in [0.3, 0.4) is 0 Å². The van der Waals surface area contributed by atoms with Crippen LogP contribution < -0.4 is 5.32 Å². The molecule has 0 spiro atoms. The fourth-order valence-electron chi connectivity index (χ4n) is 1.60. The summed E-state index contributed by atoms with van der Waals surface area (Å²) >= 11 is 17.9. The number of hydrogen-bond acceptors (Lipinski definition) is 2. The summed E-state index contributed by atoms with van der Waals surface area (Å²) in [5.74, 6) is 0. The van der Waals surface area contributed by atoms with Gasteiger partial charge < -0.3 is 5.32 Å². The van der Waals surface area contributed by atoms with Gasteiger partial charge in [-0.2, -0.15) is 5.26 Å². The van der Waals surface area contributed by atoms with Crippen LogP contribution in [-0.2, 0) is 6.54 Å². The van der Waals surface area contributed by atoms with Gasteiger partial charge in [0.05, 0.1) is 10.6 Å². The number of halogens is 3. The highest BCUT2D eigenvalue weighted by Gasteiger charge is 2.04.